The van der Waals surface area contributed by atoms with Gasteiger partial charge in [0.1, 0.15) is 5.75 Å². The van der Waals surface area contributed by atoms with Crippen LogP contribution in [0.3, 0.4) is 0 Å². The maximum Gasteiger partial charge on any atom is 0.267 e. The summed E-state index contributed by atoms with van der Waals surface area (Å²) in [6.07, 6.45) is 1.25. The summed E-state index contributed by atoms with van der Waals surface area (Å²) in [5, 5.41) is 2.84. The van der Waals surface area contributed by atoms with Crippen LogP contribution < -0.4 is 15.0 Å². The lowest BCUT2D eigenvalue weighted by molar-refractivity contribution is -0.123. The minimum Gasteiger partial charge on any atom is -0.476 e. The van der Waals surface area contributed by atoms with E-state index < -0.39 is 6.10 Å². The summed E-state index contributed by atoms with van der Waals surface area (Å²) in [5.74, 6) is 0.150. The lowest BCUT2D eigenvalue weighted by Gasteiger charge is -2.33. The first-order valence-electron chi connectivity index (χ1n) is 7.57. The Morgan fingerprint density at radius 2 is 1.88 bits per heavy atom. The monoisotopic (exact) mass is 342 g/mol. The standard InChI is InChI=1S/C18H18N2O3S/c1-12(21)20-11-17(23-16-6-4-3-5-15(16)20)18(22)19-13-7-9-14(24-2)10-8-13/h3-10,17H,11H2,1-2H3,(H,19,22). The topological polar surface area (TPSA) is 58.6 Å². The molecule has 0 radical (unpaired) electrons. The average Bonchev–Trinajstić information content (AvgIpc) is 2.61. The van der Waals surface area contributed by atoms with Gasteiger partial charge in [0.25, 0.3) is 5.91 Å². The van der Waals surface area contributed by atoms with Crippen molar-refractivity contribution in [1.29, 1.82) is 0 Å². The van der Waals surface area contributed by atoms with Crippen LogP contribution in [0.5, 0.6) is 5.75 Å². The number of carbonyl (C=O) groups excluding carboxylic acids is 2. The van der Waals surface area contributed by atoms with Crippen LogP contribution in [0.2, 0.25) is 0 Å². The molecule has 1 aliphatic rings. The van der Waals surface area contributed by atoms with Gasteiger partial charge in [0.15, 0.2) is 6.10 Å². The number of fused-ring (bicyclic) bond motifs is 1. The number of benzene rings is 2. The van der Waals surface area contributed by atoms with Crippen molar-refractivity contribution in [2.45, 2.75) is 17.9 Å². The molecule has 0 aromatic heterocycles. The zero-order valence-corrected chi connectivity index (χ0v) is 14.3. The summed E-state index contributed by atoms with van der Waals surface area (Å²) in [6, 6.07) is 14.8. The highest BCUT2D eigenvalue weighted by Crippen LogP contribution is 2.33. The minimum absolute atomic E-state index is 0.118. The summed E-state index contributed by atoms with van der Waals surface area (Å²) >= 11 is 1.64. The molecule has 1 atom stereocenters. The number of nitrogens with zero attached hydrogens (tertiary/aromatic N) is 1. The highest BCUT2D eigenvalue weighted by atomic mass is 32.2. The summed E-state index contributed by atoms with van der Waals surface area (Å²) in [4.78, 5) is 27.1. The molecule has 24 heavy (non-hydrogen) atoms. The second-order valence-corrected chi connectivity index (χ2v) is 6.30. The Labute approximate surface area is 145 Å². The largest absolute Gasteiger partial charge is 0.476 e. The van der Waals surface area contributed by atoms with Gasteiger partial charge >= 0.3 is 0 Å². The lowest BCUT2D eigenvalue weighted by Crippen LogP contribution is -2.48. The maximum absolute atomic E-state index is 12.5. The maximum atomic E-state index is 12.5. The first-order chi connectivity index (χ1) is 11.6. The highest BCUT2D eigenvalue weighted by Gasteiger charge is 2.32. The molecule has 0 saturated heterocycles. The molecule has 6 heteroatoms. The SMILES string of the molecule is CSc1ccc(NC(=O)C2CN(C(C)=O)c3ccccc3O2)cc1. The Hall–Kier alpha value is -2.47. The third kappa shape index (κ3) is 3.38. The van der Waals surface area contributed by atoms with Crippen LogP contribution >= 0.6 is 11.8 Å². The third-order valence-electron chi connectivity index (χ3n) is 3.80. The lowest BCUT2D eigenvalue weighted by atomic mass is 10.1. The zero-order valence-electron chi connectivity index (χ0n) is 13.5. The van der Waals surface area contributed by atoms with Crippen LogP contribution in [0.4, 0.5) is 11.4 Å². The van der Waals surface area contributed by atoms with Gasteiger partial charge < -0.3 is 15.0 Å². The first-order valence-corrected chi connectivity index (χ1v) is 8.79. The number of hydrogen-bond donors (Lipinski definition) is 1. The molecule has 124 valence electrons. The van der Waals surface area contributed by atoms with Gasteiger partial charge in [-0.3, -0.25) is 9.59 Å². The molecule has 1 unspecified atom stereocenters. The van der Waals surface area contributed by atoms with Crippen molar-refractivity contribution in [2.24, 2.45) is 0 Å². The normalized spacial score (nSPS) is 16.1. The van der Waals surface area contributed by atoms with Crippen LogP contribution in [-0.2, 0) is 9.59 Å². The summed E-state index contributed by atoms with van der Waals surface area (Å²) in [5.41, 5.74) is 1.40. The van der Waals surface area contributed by atoms with Crippen molar-refractivity contribution >= 4 is 35.0 Å². The smallest absolute Gasteiger partial charge is 0.267 e. The van der Waals surface area contributed by atoms with E-state index in [1.807, 2.05) is 48.7 Å². The van der Waals surface area contributed by atoms with Crippen LogP contribution in [-0.4, -0.2) is 30.7 Å². The molecule has 1 aliphatic heterocycles. The van der Waals surface area contributed by atoms with E-state index in [0.29, 0.717) is 17.1 Å². The molecule has 0 spiro atoms. The molecular weight excluding hydrogens is 324 g/mol. The Bertz CT molecular complexity index is 761. The van der Waals surface area contributed by atoms with E-state index in [2.05, 4.69) is 5.32 Å². The number of nitrogens with one attached hydrogen (secondary N) is 1. The van der Waals surface area contributed by atoms with E-state index in [1.54, 1.807) is 22.7 Å². The first kappa shape index (κ1) is 16.4. The van der Waals surface area contributed by atoms with Crippen LogP contribution in [0.1, 0.15) is 6.92 Å². The highest BCUT2D eigenvalue weighted by molar-refractivity contribution is 7.98. The fourth-order valence-corrected chi connectivity index (χ4v) is 2.97. The molecule has 3 rings (SSSR count). The molecule has 0 bridgehead atoms. The molecule has 0 fully saturated rings. The number of hydrogen-bond acceptors (Lipinski definition) is 4. The molecule has 2 amide bonds. The van der Waals surface area contributed by atoms with E-state index in [1.165, 1.54) is 6.92 Å². The number of para-hydroxylation sites is 2. The number of thioether (sulfide) groups is 1. The van der Waals surface area contributed by atoms with E-state index in [0.717, 1.165) is 4.90 Å². The molecule has 1 N–H and O–H groups in total. The van der Waals surface area contributed by atoms with Gasteiger partial charge in [-0.2, -0.15) is 0 Å². The Morgan fingerprint density at radius 3 is 2.54 bits per heavy atom. The van der Waals surface area contributed by atoms with Crippen LogP contribution in [0.15, 0.2) is 53.4 Å². The van der Waals surface area contributed by atoms with Gasteiger partial charge in [-0.15, -0.1) is 11.8 Å². The van der Waals surface area contributed by atoms with Gasteiger partial charge in [-0.25, -0.2) is 0 Å². The fraction of sp³-hybridized carbons (Fsp3) is 0.222. The minimum atomic E-state index is -0.746. The Balaban J connectivity index is 1.77. The summed E-state index contributed by atoms with van der Waals surface area (Å²) in [6.45, 7) is 1.68. The predicted molar refractivity (Wildman–Crippen MR) is 95.7 cm³/mol. The van der Waals surface area contributed by atoms with E-state index >= 15 is 0 Å². The number of anilines is 2. The molecule has 0 saturated carbocycles. The summed E-state index contributed by atoms with van der Waals surface area (Å²) in [7, 11) is 0. The zero-order chi connectivity index (χ0) is 17.1. The second-order valence-electron chi connectivity index (χ2n) is 5.42. The van der Waals surface area contributed by atoms with Gasteiger partial charge in [0, 0.05) is 17.5 Å². The van der Waals surface area contributed by atoms with Gasteiger partial charge in [-0.05, 0) is 42.7 Å². The summed E-state index contributed by atoms with van der Waals surface area (Å²) < 4.78 is 5.78. The van der Waals surface area contributed by atoms with E-state index in [-0.39, 0.29) is 18.4 Å². The Kier molecular flexibility index (Phi) is 4.76. The average molecular weight is 342 g/mol. The van der Waals surface area contributed by atoms with Crippen molar-refractivity contribution in [2.75, 3.05) is 23.0 Å². The molecule has 2 aromatic rings. The molecule has 2 aromatic carbocycles. The van der Waals surface area contributed by atoms with Gasteiger partial charge in [0.2, 0.25) is 5.91 Å². The van der Waals surface area contributed by atoms with Gasteiger partial charge in [0.05, 0.1) is 12.2 Å². The van der Waals surface area contributed by atoms with Crippen LogP contribution in [0, 0.1) is 0 Å². The molecular formula is C18H18N2O3S. The van der Waals surface area contributed by atoms with Gasteiger partial charge in [-0.1, -0.05) is 12.1 Å². The number of ether oxygens (including phenoxy) is 1. The Morgan fingerprint density at radius 1 is 1.17 bits per heavy atom. The third-order valence-corrected chi connectivity index (χ3v) is 4.55. The van der Waals surface area contributed by atoms with Crippen molar-refractivity contribution < 1.29 is 14.3 Å². The number of amides is 2. The predicted octanol–water partition coefficient (Wildman–Crippen LogP) is 3.16. The number of carbonyl (C=O) groups is 2. The van der Waals surface area contributed by atoms with Crippen molar-refractivity contribution in [3.05, 3.63) is 48.5 Å². The number of rotatable bonds is 3. The molecule has 0 aliphatic carbocycles. The van der Waals surface area contributed by atoms with Crippen molar-refractivity contribution in [3.8, 4) is 5.75 Å². The quantitative estimate of drug-likeness (QED) is 0.871. The van der Waals surface area contributed by atoms with E-state index in [4.69, 9.17) is 4.74 Å². The fourth-order valence-electron chi connectivity index (χ4n) is 2.57. The molecule has 5 nitrogen and oxygen atoms in total. The molecule has 1 heterocycles. The van der Waals surface area contributed by atoms with Crippen molar-refractivity contribution in [1.82, 2.24) is 0 Å². The van der Waals surface area contributed by atoms with E-state index in [9.17, 15) is 9.59 Å². The van der Waals surface area contributed by atoms with Crippen LogP contribution in [0.25, 0.3) is 0 Å². The second kappa shape index (κ2) is 6.97. The van der Waals surface area contributed by atoms with Crippen molar-refractivity contribution in [3.63, 3.8) is 0 Å².